The highest BCUT2D eigenvalue weighted by Crippen LogP contribution is 2.25. The topological polar surface area (TPSA) is 77.4 Å². The number of fused-ring (bicyclic) bond motifs is 1. The number of benzene rings is 3. The number of hydrogen-bond acceptors (Lipinski definition) is 5. The van der Waals surface area contributed by atoms with Gasteiger partial charge in [0.05, 0.1) is 28.8 Å². The first-order valence-electron chi connectivity index (χ1n) is 9.81. The van der Waals surface area contributed by atoms with E-state index in [1.54, 1.807) is 42.9 Å². The number of methoxy groups -OCH3 is 1. The second-order valence-corrected chi connectivity index (χ2v) is 10.4. The lowest BCUT2D eigenvalue weighted by Gasteiger charge is -2.15. The van der Waals surface area contributed by atoms with Crippen molar-refractivity contribution in [1.29, 1.82) is 0 Å². The van der Waals surface area contributed by atoms with Crippen molar-refractivity contribution in [3.8, 4) is 5.75 Å². The third-order valence-electron chi connectivity index (χ3n) is 5.18. The van der Waals surface area contributed by atoms with Crippen molar-refractivity contribution in [2.24, 2.45) is 0 Å². The molecule has 1 heterocycles. The summed E-state index contributed by atoms with van der Waals surface area (Å²) in [6.45, 7) is 2.09. The summed E-state index contributed by atoms with van der Waals surface area (Å²) in [7, 11) is -2.21. The van der Waals surface area contributed by atoms with Crippen LogP contribution in [0.5, 0.6) is 5.75 Å². The zero-order valence-electron chi connectivity index (χ0n) is 17.4. The van der Waals surface area contributed by atoms with Gasteiger partial charge >= 0.3 is 4.87 Å². The van der Waals surface area contributed by atoms with Crippen LogP contribution < -0.4 is 14.3 Å². The van der Waals surface area contributed by atoms with E-state index in [1.165, 1.54) is 12.1 Å². The van der Waals surface area contributed by atoms with Crippen molar-refractivity contribution in [2.75, 3.05) is 7.11 Å². The molecule has 1 aromatic heterocycles. The summed E-state index contributed by atoms with van der Waals surface area (Å²) in [5.74, 6) is 0.700. The third kappa shape index (κ3) is 4.59. The van der Waals surface area contributed by atoms with Gasteiger partial charge in [0.15, 0.2) is 0 Å². The minimum Gasteiger partial charge on any atom is -0.497 e. The number of ether oxygens (including phenoxy) is 1. The highest BCUT2D eigenvalue weighted by molar-refractivity contribution is 7.89. The van der Waals surface area contributed by atoms with E-state index >= 15 is 0 Å². The zero-order chi connectivity index (χ0) is 22.9. The van der Waals surface area contributed by atoms with E-state index in [0.717, 1.165) is 22.5 Å². The van der Waals surface area contributed by atoms with Gasteiger partial charge in [-0.2, -0.15) is 0 Å². The number of halogens is 1. The smallest absolute Gasteiger partial charge is 0.308 e. The Kier molecular flexibility index (Phi) is 6.39. The van der Waals surface area contributed by atoms with Crippen LogP contribution in [0.15, 0.2) is 76.4 Å². The van der Waals surface area contributed by atoms with Gasteiger partial charge in [-0.05, 0) is 54.4 Å². The van der Waals surface area contributed by atoms with Gasteiger partial charge in [-0.3, -0.25) is 9.36 Å². The molecule has 4 aromatic rings. The van der Waals surface area contributed by atoms with Crippen LogP contribution in [0, 0.1) is 0 Å². The van der Waals surface area contributed by atoms with E-state index in [4.69, 9.17) is 16.3 Å². The molecule has 0 aliphatic rings. The van der Waals surface area contributed by atoms with Gasteiger partial charge in [0.1, 0.15) is 5.75 Å². The van der Waals surface area contributed by atoms with Crippen molar-refractivity contribution >= 4 is 43.2 Å². The first kappa shape index (κ1) is 22.5. The zero-order valence-corrected chi connectivity index (χ0v) is 19.8. The van der Waals surface area contributed by atoms with Crippen LogP contribution in [0.3, 0.4) is 0 Å². The van der Waals surface area contributed by atoms with Crippen LogP contribution in [0.4, 0.5) is 0 Å². The van der Waals surface area contributed by atoms with Crippen molar-refractivity contribution in [1.82, 2.24) is 9.29 Å². The molecular weight excluding hydrogens is 468 g/mol. The molecule has 0 bridgehead atoms. The fourth-order valence-corrected chi connectivity index (χ4v) is 5.88. The molecule has 1 N–H and O–H groups in total. The largest absolute Gasteiger partial charge is 0.497 e. The Bertz CT molecular complexity index is 1430. The molecule has 6 nitrogen and oxygen atoms in total. The molecule has 4 rings (SSSR count). The summed E-state index contributed by atoms with van der Waals surface area (Å²) in [6, 6.07) is 18.8. The van der Waals surface area contributed by atoms with Crippen LogP contribution in [0.1, 0.15) is 24.1 Å². The monoisotopic (exact) mass is 488 g/mol. The lowest BCUT2D eigenvalue weighted by atomic mass is 10.1. The Balaban J connectivity index is 1.61. The Morgan fingerprint density at radius 3 is 2.50 bits per heavy atom. The Labute approximate surface area is 195 Å². The molecule has 3 aromatic carbocycles. The normalized spacial score (nSPS) is 12.7. The van der Waals surface area contributed by atoms with E-state index in [0.29, 0.717) is 27.5 Å². The van der Waals surface area contributed by atoms with Gasteiger partial charge in [0.2, 0.25) is 10.0 Å². The molecule has 32 heavy (non-hydrogen) atoms. The van der Waals surface area contributed by atoms with Gasteiger partial charge in [0, 0.05) is 11.1 Å². The van der Waals surface area contributed by atoms with Crippen LogP contribution >= 0.6 is 22.9 Å². The molecule has 0 fully saturated rings. The predicted octanol–water partition coefficient (Wildman–Crippen LogP) is 4.81. The minimum atomic E-state index is -3.79. The second kappa shape index (κ2) is 9.07. The number of thiazole rings is 1. The Hall–Kier alpha value is -2.65. The standard InChI is InChI=1S/C23H21ClN2O4S2/c1-15(16-7-9-18(30-2)10-8-16)25-32(28,29)19-11-12-21-22(13-19)31-23(27)26(21)14-17-5-3-4-6-20(17)24/h3-13,15,25H,14H2,1-2H3. The van der Waals surface area contributed by atoms with Crippen LogP contribution in [-0.2, 0) is 16.6 Å². The maximum absolute atomic E-state index is 13.0. The van der Waals surface area contributed by atoms with E-state index in [2.05, 4.69) is 4.72 Å². The molecule has 0 aliphatic heterocycles. The van der Waals surface area contributed by atoms with E-state index in [9.17, 15) is 13.2 Å². The average Bonchev–Trinajstić information content (AvgIpc) is 3.09. The molecule has 166 valence electrons. The molecule has 0 spiro atoms. The summed E-state index contributed by atoms with van der Waals surface area (Å²) < 4.78 is 36.0. The SMILES string of the molecule is COc1ccc(C(C)NS(=O)(=O)c2ccc3c(c2)sc(=O)n3Cc2ccccc2Cl)cc1. The number of nitrogens with one attached hydrogen (secondary N) is 1. The van der Waals surface area contributed by atoms with Gasteiger partial charge < -0.3 is 4.74 Å². The third-order valence-corrected chi connectivity index (χ3v) is 8.03. The summed E-state index contributed by atoms with van der Waals surface area (Å²) in [5, 5.41) is 0.578. The lowest BCUT2D eigenvalue weighted by molar-refractivity contribution is 0.414. The van der Waals surface area contributed by atoms with Gasteiger partial charge in [-0.15, -0.1) is 0 Å². The Morgan fingerprint density at radius 2 is 1.81 bits per heavy atom. The molecule has 1 atom stereocenters. The Morgan fingerprint density at radius 1 is 1.09 bits per heavy atom. The van der Waals surface area contributed by atoms with Gasteiger partial charge in [0.25, 0.3) is 0 Å². The number of rotatable bonds is 7. The van der Waals surface area contributed by atoms with Crippen LogP contribution in [0.2, 0.25) is 5.02 Å². The number of hydrogen-bond donors (Lipinski definition) is 1. The number of nitrogens with zero attached hydrogens (tertiary/aromatic N) is 1. The molecule has 0 amide bonds. The van der Waals surface area contributed by atoms with E-state index in [-0.39, 0.29) is 9.77 Å². The predicted molar refractivity (Wildman–Crippen MR) is 128 cm³/mol. The number of sulfonamides is 1. The maximum atomic E-state index is 13.0. The van der Waals surface area contributed by atoms with Crippen molar-refractivity contribution in [3.05, 3.63) is 92.5 Å². The van der Waals surface area contributed by atoms with E-state index in [1.807, 2.05) is 30.3 Å². The van der Waals surface area contributed by atoms with Crippen LogP contribution in [-0.4, -0.2) is 20.1 Å². The van der Waals surface area contributed by atoms with Crippen LogP contribution in [0.25, 0.3) is 10.2 Å². The molecule has 0 saturated carbocycles. The second-order valence-electron chi connectivity index (χ2n) is 7.29. The van der Waals surface area contributed by atoms with Gasteiger partial charge in [-0.25, -0.2) is 13.1 Å². The maximum Gasteiger partial charge on any atom is 0.308 e. The fourth-order valence-electron chi connectivity index (χ4n) is 3.42. The van der Waals surface area contributed by atoms with Crippen molar-refractivity contribution in [2.45, 2.75) is 24.4 Å². The minimum absolute atomic E-state index is 0.108. The summed E-state index contributed by atoms with van der Waals surface area (Å²) in [6.07, 6.45) is 0. The fraction of sp³-hybridized carbons (Fsp3) is 0.174. The summed E-state index contributed by atoms with van der Waals surface area (Å²) in [4.78, 5) is 12.5. The molecule has 0 saturated heterocycles. The quantitative estimate of drug-likeness (QED) is 0.405. The first-order valence-corrected chi connectivity index (χ1v) is 12.5. The highest BCUT2D eigenvalue weighted by atomic mass is 35.5. The highest BCUT2D eigenvalue weighted by Gasteiger charge is 2.20. The molecule has 0 radical (unpaired) electrons. The van der Waals surface area contributed by atoms with Gasteiger partial charge in [-0.1, -0.05) is 53.3 Å². The van der Waals surface area contributed by atoms with Crippen molar-refractivity contribution < 1.29 is 13.2 Å². The molecular formula is C23H21ClN2O4S2. The molecule has 9 heteroatoms. The number of aromatic nitrogens is 1. The molecule has 1 unspecified atom stereocenters. The molecule has 0 aliphatic carbocycles. The summed E-state index contributed by atoms with van der Waals surface area (Å²) >= 11 is 7.25. The first-order chi connectivity index (χ1) is 15.3. The summed E-state index contributed by atoms with van der Waals surface area (Å²) in [5.41, 5.74) is 2.30. The van der Waals surface area contributed by atoms with Crippen molar-refractivity contribution in [3.63, 3.8) is 0 Å². The van der Waals surface area contributed by atoms with E-state index < -0.39 is 16.1 Å². The average molecular weight is 489 g/mol. The lowest BCUT2D eigenvalue weighted by Crippen LogP contribution is -2.26.